The van der Waals surface area contributed by atoms with E-state index in [1.807, 2.05) is 0 Å². The lowest BCUT2D eigenvalue weighted by Gasteiger charge is -2.36. The zero-order valence-corrected chi connectivity index (χ0v) is 12.8. The molecule has 114 valence electrons. The Hall–Kier alpha value is -1.25. The third-order valence-corrected chi connectivity index (χ3v) is 5.78. The van der Waals surface area contributed by atoms with Crippen LogP contribution in [-0.4, -0.2) is 26.1 Å². The van der Waals surface area contributed by atoms with Crippen molar-refractivity contribution >= 4 is 51.5 Å². The summed E-state index contributed by atoms with van der Waals surface area (Å²) in [5.41, 5.74) is 0.960. The minimum Gasteiger partial charge on any atom is -0.481 e. The van der Waals surface area contributed by atoms with Crippen molar-refractivity contribution in [3.63, 3.8) is 0 Å². The van der Waals surface area contributed by atoms with Crippen molar-refractivity contribution < 1.29 is 23.8 Å². The van der Waals surface area contributed by atoms with Crippen molar-refractivity contribution in [2.75, 3.05) is 4.31 Å². The number of rotatable bonds is 4. The second-order valence-electron chi connectivity index (χ2n) is 4.27. The van der Waals surface area contributed by atoms with E-state index in [0.29, 0.717) is 6.42 Å². The summed E-state index contributed by atoms with van der Waals surface area (Å²) in [5, 5.41) is 8.19. The second-order valence-corrected chi connectivity index (χ2v) is 7.06. The van der Waals surface area contributed by atoms with E-state index >= 15 is 0 Å². The number of carbonyl (C=O) groups is 2. The van der Waals surface area contributed by atoms with E-state index in [4.69, 9.17) is 28.3 Å². The van der Waals surface area contributed by atoms with Gasteiger partial charge in [0, 0.05) is 6.42 Å². The molecule has 21 heavy (non-hydrogen) atoms. The maximum absolute atomic E-state index is 11.9. The van der Waals surface area contributed by atoms with E-state index in [-0.39, 0.29) is 12.1 Å². The second kappa shape index (κ2) is 5.86. The van der Waals surface area contributed by atoms with Crippen LogP contribution in [0.15, 0.2) is 33.7 Å². The summed E-state index contributed by atoms with van der Waals surface area (Å²) in [5.74, 6) is -1.70. The van der Waals surface area contributed by atoms with E-state index < -0.39 is 32.0 Å². The SMILES string of the molecule is O=C(O)CCc1ccc(N2C(=O)C(Cl)=C(Cl)S2(O)O)cc1. The van der Waals surface area contributed by atoms with Gasteiger partial charge in [0.05, 0.1) is 5.69 Å². The van der Waals surface area contributed by atoms with Gasteiger partial charge >= 0.3 is 5.97 Å². The first-order valence-corrected chi connectivity index (χ1v) is 8.00. The van der Waals surface area contributed by atoms with Gasteiger partial charge in [-0.05, 0) is 24.1 Å². The molecule has 1 aromatic rings. The van der Waals surface area contributed by atoms with E-state index in [2.05, 4.69) is 0 Å². The Kier molecular flexibility index (Phi) is 4.50. The molecule has 0 fully saturated rings. The summed E-state index contributed by atoms with van der Waals surface area (Å²) in [4.78, 5) is 22.4. The van der Waals surface area contributed by atoms with Crippen LogP contribution in [-0.2, 0) is 16.0 Å². The van der Waals surface area contributed by atoms with Gasteiger partial charge in [0.1, 0.15) is 5.03 Å². The smallest absolute Gasteiger partial charge is 0.303 e. The highest BCUT2D eigenvalue weighted by atomic mass is 35.5. The van der Waals surface area contributed by atoms with Crippen LogP contribution in [0.3, 0.4) is 0 Å². The molecule has 0 spiro atoms. The Morgan fingerprint density at radius 2 is 1.76 bits per heavy atom. The first kappa shape index (κ1) is 16.1. The van der Waals surface area contributed by atoms with Crippen molar-refractivity contribution in [3.8, 4) is 0 Å². The number of aliphatic carboxylic acids is 1. The Morgan fingerprint density at radius 3 is 2.19 bits per heavy atom. The van der Waals surface area contributed by atoms with Crippen LogP contribution in [0, 0.1) is 0 Å². The number of carboxylic acid groups (broad SMARTS) is 1. The van der Waals surface area contributed by atoms with Crippen LogP contribution < -0.4 is 4.31 Å². The number of amides is 1. The summed E-state index contributed by atoms with van der Waals surface area (Å²) in [6, 6.07) is 6.15. The predicted octanol–water partition coefficient (Wildman–Crippen LogP) is 3.36. The molecule has 1 aliphatic rings. The lowest BCUT2D eigenvalue weighted by Crippen LogP contribution is -2.28. The van der Waals surface area contributed by atoms with Crippen molar-refractivity contribution in [1.29, 1.82) is 0 Å². The molecule has 0 radical (unpaired) electrons. The number of hydrogen-bond donors (Lipinski definition) is 3. The summed E-state index contributed by atoms with van der Waals surface area (Å²) in [6.07, 6.45) is 0.315. The zero-order chi connectivity index (χ0) is 15.8. The molecule has 0 bridgehead atoms. The molecule has 0 aliphatic carbocycles. The molecule has 6 nitrogen and oxygen atoms in total. The lowest BCUT2D eigenvalue weighted by molar-refractivity contribution is -0.137. The van der Waals surface area contributed by atoms with Gasteiger partial charge in [-0.15, -0.1) is 0 Å². The lowest BCUT2D eigenvalue weighted by atomic mass is 10.1. The zero-order valence-electron chi connectivity index (χ0n) is 10.5. The molecule has 0 atom stereocenters. The number of anilines is 1. The molecular weight excluding hydrogens is 341 g/mol. The fraction of sp³-hybridized carbons (Fsp3) is 0.167. The summed E-state index contributed by atoms with van der Waals surface area (Å²) < 4.78 is 20.2. The van der Waals surface area contributed by atoms with E-state index in [9.17, 15) is 18.7 Å². The van der Waals surface area contributed by atoms with Crippen LogP contribution in [0.4, 0.5) is 5.69 Å². The fourth-order valence-electron chi connectivity index (χ4n) is 1.80. The van der Waals surface area contributed by atoms with Gasteiger partial charge in [-0.25, -0.2) is 0 Å². The van der Waals surface area contributed by atoms with E-state index in [0.717, 1.165) is 9.87 Å². The fourth-order valence-corrected chi connectivity index (χ4v) is 3.76. The van der Waals surface area contributed by atoms with Crippen molar-refractivity contribution in [2.24, 2.45) is 0 Å². The molecular formula is C12H11Cl2NO5S. The standard InChI is InChI=1S/C12H11Cl2NO5S/c13-10-11(14)21(19,20)15(12(10)18)8-4-1-7(2-5-8)3-6-9(16)17/h1-2,4-5,19-20H,3,6H2,(H,16,17). The van der Waals surface area contributed by atoms with Gasteiger partial charge in [0.25, 0.3) is 5.91 Å². The molecule has 1 aromatic carbocycles. The third-order valence-electron chi connectivity index (χ3n) is 2.84. The number of aryl methyl sites for hydroxylation is 1. The first-order valence-electron chi connectivity index (χ1n) is 5.74. The van der Waals surface area contributed by atoms with Gasteiger partial charge in [-0.1, -0.05) is 46.1 Å². The molecule has 0 saturated carbocycles. The highest BCUT2D eigenvalue weighted by Crippen LogP contribution is 2.61. The molecule has 9 heteroatoms. The van der Waals surface area contributed by atoms with Gasteiger partial charge in [0.15, 0.2) is 4.36 Å². The number of nitrogens with zero attached hydrogens (tertiary/aromatic N) is 1. The molecule has 1 aliphatic heterocycles. The van der Waals surface area contributed by atoms with Gasteiger partial charge in [-0.2, -0.15) is 4.31 Å². The highest BCUT2D eigenvalue weighted by molar-refractivity contribution is 8.30. The van der Waals surface area contributed by atoms with Crippen LogP contribution in [0.1, 0.15) is 12.0 Å². The van der Waals surface area contributed by atoms with E-state index in [1.165, 1.54) is 12.1 Å². The maximum atomic E-state index is 11.9. The molecule has 0 unspecified atom stereocenters. The summed E-state index contributed by atoms with van der Waals surface area (Å²) >= 11 is 11.3. The molecule has 0 saturated heterocycles. The number of benzene rings is 1. The third kappa shape index (κ3) is 3.02. The van der Waals surface area contributed by atoms with Crippen LogP contribution in [0.2, 0.25) is 0 Å². The Bertz CT molecular complexity index is 629. The average molecular weight is 352 g/mol. The van der Waals surface area contributed by atoms with Crippen LogP contribution in [0.25, 0.3) is 0 Å². The highest BCUT2D eigenvalue weighted by Gasteiger charge is 2.43. The quantitative estimate of drug-likeness (QED) is 0.772. The average Bonchev–Trinajstić information content (AvgIpc) is 2.58. The van der Waals surface area contributed by atoms with Crippen molar-refractivity contribution in [2.45, 2.75) is 12.8 Å². The Labute approximate surface area is 132 Å². The molecule has 1 heterocycles. The predicted molar refractivity (Wildman–Crippen MR) is 81.5 cm³/mol. The number of carbonyl (C=O) groups excluding carboxylic acids is 1. The minimum atomic E-state index is -3.65. The monoisotopic (exact) mass is 351 g/mol. The number of hydrogen-bond acceptors (Lipinski definition) is 4. The van der Waals surface area contributed by atoms with Crippen molar-refractivity contribution in [1.82, 2.24) is 0 Å². The van der Waals surface area contributed by atoms with Gasteiger partial charge in [-0.3, -0.25) is 18.7 Å². The minimum absolute atomic E-state index is 0.0175. The van der Waals surface area contributed by atoms with Gasteiger partial charge < -0.3 is 5.11 Å². The molecule has 0 aromatic heterocycles. The number of carboxylic acids is 1. The van der Waals surface area contributed by atoms with Crippen molar-refractivity contribution in [3.05, 3.63) is 39.2 Å². The normalized spacial score (nSPS) is 19.0. The molecule has 2 rings (SSSR count). The number of halogens is 2. The summed E-state index contributed by atoms with van der Waals surface area (Å²) in [6.45, 7) is 0. The van der Waals surface area contributed by atoms with Gasteiger partial charge in [0.2, 0.25) is 0 Å². The first-order chi connectivity index (χ1) is 9.75. The Morgan fingerprint density at radius 1 is 1.19 bits per heavy atom. The summed E-state index contributed by atoms with van der Waals surface area (Å²) in [7, 11) is -3.65. The topological polar surface area (TPSA) is 98.1 Å². The van der Waals surface area contributed by atoms with E-state index in [1.54, 1.807) is 12.1 Å². The Balaban J connectivity index is 2.24. The molecule has 3 N–H and O–H groups in total. The molecule has 1 amide bonds. The largest absolute Gasteiger partial charge is 0.481 e. The van der Waals surface area contributed by atoms with Crippen LogP contribution >= 0.6 is 34.0 Å². The maximum Gasteiger partial charge on any atom is 0.303 e. The van der Waals surface area contributed by atoms with Crippen LogP contribution in [0.5, 0.6) is 0 Å².